The molecule has 0 unspecified atom stereocenters. The van der Waals surface area contributed by atoms with Gasteiger partial charge in [0.25, 0.3) is 6.43 Å². The number of aromatic nitrogens is 6. The Balaban J connectivity index is 1.20. The highest BCUT2D eigenvalue weighted by molar-refractivity contribution is 5.95. The van der Waals surface area contributed by atoms with Crippen LogP contribution in [0.2, 0.25) is 0 Å². The number of hydrogen-bond donors (Lipinski definition) is 2. The monoisotopic (exact) mass is 494 g/mol. The third-order valence-electron chi connectivity index (χ3n) is 7.50. The van der Waals surface area contributed by atoms with Crippen LogP contribution in [0.15, 0.2) is 24.7 Å². The van der Waals surface area contributed by atoms with Crippen LogP contribution in [0.1, 0.15) is 38.4 Å². The molecule has 2 fully saturated rings. The molecule has 11 heteroatoms. The second-order valence-electron chi connectivity index (χ2n) is 10.2. The van der Waals surface area contributed by atoms with Gasteiger partial charge in [-0.2, -0.15) is 4.98 Å². The SMILES string of the molecule is Cc1nc2ncc(-c3c[nH]c4nc(NC5CC(C)(C(=O)N6CCCC6)C5)ncc34)cc2n1CC(F)F. The second kappa shape index (κ2) is 8.49. The molecule has 9 nitrogen and oxygen atoms in total. The highest BCUT2D eigenvalue weighted by Crippen LogP contribution is 2.44. The van der Waals surface area contributed by atoms with Gasteiger partial charge in [-0.25, -0.2) is 23.7 Å². The normalized spacial score (nSPS) is 22.0. The third kappa shape index (κ3) is 3.86. The van der Waals surface area contributed by atoms with Crippen molar-refractivity contribution in [3.63, 3.8) is 0 Å². The van der Waals surface area contributed by atoms with Crippen molar-refractivity contribution in [1.29, 1.82) is 0 Å². The number of aryl methyl sites for hydroxylation is 1. The van der Waals surface area contributed by atoms with E-state index in [-0.39, 0.29) is 17.4 Å². The summed E-state index contributed by atoms with van der Waals surface area (Å²) in [5, 5.41) is 4.17. The predicted octanol–water partition coefficient (Wildman–Crippen LogP) is 4.15. The molecule has 188 valence electrons. The molecular weight excluding hydrogens is 466 g/mol. The molecule has 4 aromatic heterocycles. The summed E-state index contributed by atoms with van der Waals surface area (Å²) in [6.45, 7) is 5.07. The maximum absolute atomic E-state index is 13.1. The standard InChI is InChI=1S/C25H28F2N8O/c1-14-31-22-19(35(14)13-20(26)27)7-15(10-28-22)17-11-29-21-18(17)12-30-24(33-21)32-16-8-25(2,9-16)23(36)34-5-3-4-6-34/h7,10-12,16,20H,3-6,8-9,13H2,1-2H3,(H2,29,30,32,33). The van der Waals surface area contributed by atoms with Gasteiger partial charge in [0.05, 0.1) is 17.5 Å². The van der Waals surface area contributed by atoms with Gasteiger partial charge in [-0.15, -0.1) is 0 Å². The van der Waals surface area contributed by atoms with Crippen LogP contribution in [0.4, 0.5) is 14.7 Å². The molecule has 2 N–H and O–H groups in total. The van der Waals surface area contributed by atoms with Gasteiger partial charge in [-0.05, 0) is 38.7 Å². The number of carbonyl (C=O) groups is 1. The van der Waals surface area contributed by atoms with E-state index in [1.807, 2.05) is 24.1 Å². The van der Waals surface area contributed by atoms with Crippen molar-refractivity contribution in [1.82, 2.24) is 34.4 Å². The first kappa shape index (κ1) is 22.8. The second-order valence-corrected chi connectivity index (χ2v) is 10.2. The Morgan fingerprint density at radius 2 is 2.00 bits per heavy atom. The molecule has 0 aromatic carbocycles. The van der Waals surface area contributed by atoms with E-state index in [2.05, 4.69) is 30.2 Å². The van der Waals surface area contributed by atoms with E-state index in [0.29, 0.717) is 28.6 Å². The van der Waals surface area contributed by atoms with Gasteiger partial charge >= 0.3 is 0 Å². The number of aromatic amines is 1. The average molecular weight is 495 g/mol. The lowest BCUT2D eigenvalue weighted by Gasteiger charge is -2.45. The molecule has 1 aliphatic heterocycles. The molecule has 2 aliphatic rings. The molecular formula is C25H28F2N8O. The van der Waals surface area contributed by atoms with Gasteiger partial charge in [0.2, 0.25) is 11.9 Å². The fourth-order valence-electron chi connectivity index (χ4n) is 5.64. The minimum atomic E-state index is -2.48. The minimum absolute atomic E-state index is 0.151. The van der Waals surface area contributed by atoms with E-state index >= 15 is 0 Å². The van der Waals surface area contributed by atoms with Gasteiger partial charge < -0.3 is 19.8 Å². The van der Waals surface area contributed by atoms with Crippen molar-refractivity contribution < 1.29 is 13.6 Å². The lowest BCUT2D eigenvalue weighted by atomic mass is 9.66. The molecule has 1 aliphatic carbocycles. The summed E-state index contributed by atoms with van der Waals surface area (Å²) in [5.41, 5.74) is 2.96. The molecule has 1 amide bonds. The summed E-state index contributed by atoms with van der Waals surface area (Å²) in [5.74, 6) is 1.28. The van der Waals surface area contributed by atoms with Crippen LogP contribution in [0.5, 0.6) is 0 Å². The fraction of sp³-hybridized carbons (Fsp3) is 0.480. The number of anilines is 1. The first-order valence-electron chi connectivity index (χ1n) is 12.3. The number of H-pyrrole nitrogens is 1. The zero-order chi connectivity index (χ0) is 25.0. The lowest BCUT2D eigenvalue weighted by molar-refractivity contribution is -0.145. The van der Waals surface area contributed by atoms with Crippen LogP contribution in [0.25, 0.3) is 33.3 Å². The van der Waals surface area contributed by atoms with E-state index in [0.717, 1.165) is 55.3 Å². The molecule has 1 saturated heterocycles. The first-order valence-corrected chi connectivity index (χ1v) is 12.3. The number of rotatable bonds is 6. The van der Waals surface area contributed by atoms with Crippen molar-refractivity contribution in [3.05, 3.63) is 30.5 Å². The smallest absolute Gasteiger partial charge is 0.256 e. The Morgan fingerprint density at radius 3 is 2.75 bits per heavy atom. The number of hydrogen-bond acceptors (Lipinski definition) is 6. The molecule has 0 spiro atoms. The number of pyridine rings is 1. The summed E-state index contributed by atoms with van der Waals surface area (Å²) in [6, 6.07) is 1.98. The van der Waals surface area contributed by atoms with Gasteiger partial charge in [0, 0.05) is 54.2 Å². The Morgan fingerprint density at radius 1 is 1.22 bits per heavy atom. The Kier molecular flexibility index (Phi) is 5.38. The minimum Gasteiger partial charge on any atom is -0.351 e. The molecule has 5 heterocycles. The fourth-order valence-corrected chi connectivity index (χ4v) is 5.64. The molecule has 1 saturated carbocycles. The summed E-state index contributed by atoms with van der Waals surface area (Å²) in [4.78, 5) is 35.8. The summed E-state index contributed by atoms with van der Waals surface area (Å²) >= 11 is 0. The number of carbonyl (C=O) groups excluding carboxylic acids is 1. The molecule has 4 aromatic rings. The molecule has 0 bridgehead atoms. The maximum Gasteiger partial charge on any atom is 0.256 e. The van der Waals surface area contributed by atoms with Gasteiger partial charge in [0.15, 0.2) is 5.65 Å². The molecule has 36 heavy (non-hydrogen) atoms. The Bertz CT molecular complexity index is 1450. The van der Waals surface area contributed by atoms with E-state index in [1.54, 1.807) is 19.3 Å². The van der Waals surface area contributed by atoms with Gasteiger partial charge in [0.1, 0.15) is 11.5 Å². The average Bonchev–Trinajstić information content (AvgIpc) is 3.56. The quantitative estimate of drug-likeness (QED) is 0.417. The maximum atomic E-state index is 13.1. The lowest BCUT2D eigenvalue weighted by Crippen LogP contribution is -2.53. The van der Waals surface area contributed by atoms with Crippen molar-refractivity contribution in [3.8, 4) is 11.1 Å². The van der Waals surface area contributed by atoms with Crippen LogP contribution in [0.3, 0.4) is 0 Å². The molecule has 6 rings (SSSR count). The Hall–Kier alpha value is -3.63. The number of alkyl halides is 2. The summed E-state index contributed by atoms with van der Waals surface area (Å²) in [7, 11) is 0. The van der Waals surface area contributed by atoms with Crippen LogP contribution >= 0.6 is 0 Å². The largest absolute Gasteiger partial charge is 0.351 e. The van der Waals surface area contributed by atoms with Crippen molar-refractivity contribution in [2.75, 3.05) is 18.4 Å². The van der Waals surface area contributed by atoms with Crippen LogP contribution < -0.4 is 5.32 Å². The molecule has 0 atom stereocenters. The van der Waals surface area contributed by atoms with Crippen LogP contribution in [-0.4, -0.2) is 65.9 Å². The molecule has 0 radical (unpaired) electrons. The van der Waals surface area contributed by atoms with Crippen molar-refractivity contribution in [2.24, 2.45) is 5.41 Å². The highest BCUT2D eigenvalue weighted by Gasteiger charge is 2.48. The van der Waals surface area contributed by atoms with E-state index in [9.17, 15) is 13.6 Å². The van der Waals surface area contributed by atoms with Crippen molar-refractivity contribution >= 4 is 34.1 Å². The predicted molar refractivity (Wildman–Crippen MR) is 132 cm³/mol. The third-order valence-corrected chi connectivity index (χ3v) is 7.50. The zero-order valence-corrected chi connectivity index (χ0v) is 20.3. The van der Waals surface area contributed by atoms with Crippen LogP contribution in [-0.2, 0) is 11.3 Å². The highest BCUT2D eigenvalue weighted by atomic mass is 19.3. The number of likely N-dealkylation sites (tertiary alicyclic amines) is 1. The zero-order valence-electron chi connectivity index (χ0n) is 20.3. The topological polar surface area (TPSA) is 105 Å². The number of amides is 1. The number of fused-ring (bicyclic) bond motifs is 2. The van der Waals surface area contributed by atoms with E-state index in [4.69, 9.17) is 0 Å². The number of halogens is 2. The van der Waals surface area contributed by atoms with Gasteiger partial charge in [-0.3, -0.25) is 4.79 Å². The first-order chi connectivity index (χ1) is 17.3. The summed E-state index contributed by atoms with van der Waals surface area (Å²) < 4.78 is 27.7. The number of imidazole rings is 1. The number of nitrogens with zero attached hydrogens (tertiary/aromatic N) is 6. The van der Waals surface area contributed by atoms with Gasteiger partial charge in [-0.1, -0.05) is 6.92 Å². The van der Waals surface area contributed by atoms with E-state index < -0.39 is 13.0 Å². The number of nitrogens with one attached hydrogen (secondary N) is 2. The summed E-state index contributed by atoms with van der Waals surface area (Å²) in [6.07, 6.45) is 6.48. The van der Waals surface area contributed by atoms with Crippen LogP contribution in [0, 0.1) is 12.3 Å². The Labute approximate surface area is 206 Å². The van der Waals surface area contributed by atoms with Crippen molar-refractivity contribution in [2.45, 2.75) is 58.5 Å². The van der Waals surface area contributed by atoms with E-state index in [1.165, 1.54) is 4.57 Å².